The van der Waals surface area contributed by atoms with Crippen molar-refractivity contribution in [3.63, 3.8) is 0 Å². The fourth-order valence-corrected chi connectivity index (χ4v) is 8.02. The summed E-state index contributed by atoms with van der Waals surface area (Å²) in [5.41, 5.74) is 6.72. The van der Waals surface area contributed by atoms with Crippen molar-refractivity contribution >= 4 is 43.1 Å². The molecular weight excluding hydrogens is 703 g/mol. The minimum absolute atomic E-state index is 0.0997. The average molecular weight is 743 g/mol. The van der Waals surface area contributed by atoms with E-state index in [1.807, 2.05) is 72.8 Å². The molecule has 11 aromatic rings. The van der Waals surface area contributed by atoms with Crippen LogP contribution in [-0.2, 0) is 0 Å². The largest absolute Gasteiger partial charge is 0.208 e. The summed E-state index contributed by atoms with van der Waals surface area (Å²) in [6.45, 7) is 0. The Kier molecular flexibility index (Phi) is 6.95. The van der Waals surface area contributed by atoms with E-state index in [9.17, 15) is 0 Å². The third-order valence-electron chi connectivity index (χ3n) is 10.9. The van der Waals surface area contributed by atoms with E-state index in [1.54, 1.807) is 0 Å². The van der Waals surface area contributed by atoms with Gasteiger partial charge in [-0.25, -0.2) is 15.0 Å². The Morgan fingerprint density at radius 2 is 0.793 bits per heavy atom. The molecule has 1 aromatic heterocycles. The molecule has 0 saturated carbocycles. The molecule has 10 aromatic carbocycles. The summed E-state index contributed by atoms with van der Waals surface area (Å²) in [4.78, 5) is 15.5. The standard InChI is InChI=1S/C55H35N3/c1-3-12-36(13-4-1)40-23-24-42-31-43(26-25-41(42)30-40)47-33-46(37-14-5-2-6-15-37)34-48(35-47)54-56-53(57-55(58-54)52-21-11-18-38-16-7-10-20-50(38)52)45-28-29-51-44(32-45)27-22-39-17-8-9-19-49(39)51/h1-35H/i2D,5D,6D,14D,15D. The smallest absolute Gasteiger partial charge is 0.164 e. The van der Waals surface area contributed by atoms with Gasteiger partial charge >= 0.3 is 0 Å². The Hall–Kier alpha value is -7.75. The van der Waals surface area contributed by atoms with E-state index in [4.69, 9.17) is 21.8 Å². The third kappa shape index (κ3) is 6.16. The lowest BCUT2D eigenvalue weighted by atomic mass is 9.93. The van der Waals surface area contributed by atoms with Crippen LogP contribution in [0.3, 0.4) is 0 Å². The maximum Gasteiger partial charge on any atom is 0.164 e. The predicted octanol–water partition coefficient (Wildman–Crippen LogP) is 14.5. The number of hydrogen-bond acceptors (Lipinski definition) is 3. The average Bonchev–Trinajstić information content (AvgIpc) is 3.34. The minimum Gasteiger partial charge on any atom is -0.208 e. The number of fused-ring (bicyclic) bond motifs is 5. The Morgan fingerprint density at radius 3 is 1.57 bits per heavy atom. The molecule has 58 heavy (non-hydrogen) atoms. The number of aromatic nitrogens is 3. The number of rotatable bonds is 6. The molecule has 3 nitrogen and oxygen atoms in total. The molecule has 0 amide bonds. The molecule has 11 rings (SSSR count). The van der Waals surface area contributed by atoms with Crippen molar-refractivity contribution in [2.45, 2.75) is 0 Å². The number of benzene rings is 10. The van der Waals surface area contributed by atoms with Gasteiger partial charge in [0, 0.05) is 16.7 Å². The molecule has 0 aliphatic rings. The van der Waals surface area contributed by atoms with Gasteiger partial charge < -0.3 is 0 Å². The zero-order valence-electron chi connectivity index (χ0n) is 36.2. The summed E-state index contributed by atoms with van der Waals surface area (Å²) >= 11 is 0. The quantitative estimate of drug-likeness (QED) is 0.159. The highest BCUT2D eigenvalue weighted by Gasteiger charge is 2.17. The van der Waals surface area contributed by atoms with Crippen molar-refractivity contribution in [2.24, 2.45) is 0 Å². The van der Waals surface area contributed by atoms with Gasteiger partial charge in [0.05, 0.1) is 6.85 Å². The first-order valence-electron chi connectivity index (χ1n) is 21.8. The topological polar surface area (TPSA) is 38.7 Å². The highest BCUT2D eigenvalue weighted by atomic mass is 15.0. The first-order chi connectivity index (χ1) is 30.8. The van der Waals surface area contributed by atoms with Crippen LogP contribution < -0.4 is 0 Å². The zero-order chi connectivity index (χ0) is 42.8. The molecule has 270 valence electrons. The normalized spacial score (nSPS) is 12.7. The van der Waals surface area contributed by atoms with Crippen molar-refractivity contribution in [2.75, 3.05) is 0 Å². The van der Waals surface area contributed by atoms with Gasteiger partial charge in [-0.05, 0) is 113 Å². The molecule has 0 aliphatic heterocycles. The Labute approximate surface area is 343 Å². The molecule has 3 heteroatoms. The number of nitrogens with zero attached hydrogens (tertiary/aromatic N) is 3. The number of hydrogen-bond donors (Lipinski definition) is 0. The summed E-state index contributed by atoms with van der Waals surface area (Å²) in [7, 11) is 0. The Morgan fingerprint density at radius 1 is 0.276 bits per heavy atom. The Balaban J connectivity index is 1.14. The molecular formula is C55H35N3. The van der Waals surface area contributed by atoms with Gasteiger partial charge in [-0.2, -0.15) is 0 Å². The maximum absolute atomic E-state index is 8.99. The van der Waals surface area contributed by atoms with Gasteiger partial charge in [-0.1, -0.05) is 176 Å². The van der Waals surface area contributed by atoms with E-state index < -0.39 is 18.1 Å². The lowest BCUT2D eigenvalue weighted by Crippen LogP contribution is -2.01. The highest BCUT2D eigenvalue weighted by Crippen LogP contribution is 2.37. The SMILES string of the molecule is [2H]c1c([2H])c([2H])c(-c2cc(-c3ccc4cc(-c5ccccc5)ccc4c3)cc(-c3nc(-c4ccc5c(ccc6ccccc65)c4)nc(-c4cccc5ccccc45)n3)c2)c([2H])c1[2H]. The molecule has 1 heterocycles. The van der Waals surface area contributed by atoms with Crippen LogP contribution in [0.15, 0.2) is 212 Å². The summed E-state index contributed by atoms with van der Waals surface area (Å²) < 4.78 is 43.5. The van der Waals surface area contributed by atoms with Crippen molar-refractivity contribution in [1.29, 1.82) is 0 Å². The van der Waals surface area contributed by atoms with Gasteiger partial charge in [-0.3, -0.25) is 0 Å². The zero-order valence-corrected chi connectivity index (χ0v) is 31.2. The second-order valence-corrected chi connectivity index (χ2v) is 14.5. The summed E-state index contributed by atoms with van der Waals surface area (Å²) in [6, 6.07) is 60.0. The van der Waals surface area contributed by atoms with Crippen LogP contribution in [-0.4, -0.2) is 15.0 Å². The van der Waals surface area contributed by atoms with Crippen LogP contribution >= 0.6 is 0 Å². The predicted molar refractivity (Wildman–Crippen MR) is 242 cm³/mol. The van der Waals surface area contributed by atoms with Crippen molar-refractivity contribution < 1.29 is 6.85 Å². The van der Waals surface area contributed by atoms with Crippen LogP contribution in [0.5, 0.6) is 0 Å². The van der Waals surface area contributed by atoms with Gasteiger partial charge in [0.25, 0.3) is 0 Å². The summed E-state index contributed by atoms with van der Waals surface area (Å²) in [5, 5.41) is 8.66. The monoisotopic (exact) mass is 742 g/mol. The summed E-state index contributed by atoms with van der Waals surface area (Å²) in [6.07, 6.45) is 0. The second-order valence-electron chi connectivity index (χ2n) is 14.5. The summed E-state index contributed by atoms with van der Waals surface area (Å²) in [5.74, 6) is 1.35. The molecule has 0 saturated heterocycles. The van der Waals surface area contributed by atoms with Gasteiger partial charge in [-0.15, -0.1) is 0 Å². The first kappa shape index (κ1) is 28.6. The maximum atomic E-state index is 8.99. The molecule has 0 bridgehead atoms. The van der Waals surface area contributed by atoms with Gasteiger partial charge in [0.2, 0.25) is 0 Å². The highest BCUT2D eigenvalue weighted by molar-refractivity contribution is 6.08. The minimum atomic E-state index is -0.445. The third-order valence-corrected chi connectivity index (χ3v) is 10.9. The molecule has 0 atom stereocenters. The fraction of sp³-hybridized carbons (Fsp3) is 0. The van der Waals surface area contributed by atoms with Crippen LogP contribution in [0.4, 0.5) is 0 Å². The van der Waals surface area contributed by atoms with E-state index in [2.05, 4.69) is 109 Å². The van der Waals surface area contributed by atoms with E-state index in [-0.39, 0.29) is 17.6 Å². The molecule has 0 radical (unpaired) electrons. The van der Waals surface area contributed by atoms with Gasteiger partial charge in [0.1, 0.15) is 0 Å². The fourth-order valence-electron chi connectivity index (χ4n) is 8.02. The molecule has 0 aliphatic carbocycles. The van der Waals surface area contributed by atoms with E-state index in [0.29, 0.717) is 28.6 Å². The van der Waals surface area contributed by atoms with Crippen LogP contribution in [0.25, 0.3) is 111 Å². The molecule has 0 fully saturated rings. The lowest BCUT2D eigenvalue weighted by molar-refractivity contribution is 1.08. The van der Waals surface area contributed by atoms with E-state index in [0.717, 1.165) is 76.5 Å². The molecule has 0 spiro atoms. The van der Waals surface area contributed by atoms with E-state index in [1.165, 1.54) is 0 Å². The van der Waals surface area contributed by atoms with Crippen LogP contribution in [0.1, 0.15) is 6.85 Å². The molecule has 0 unspecified atom stereocenters. The Bertz CT molecular complexity index is 3610. The van der Waals surface area contributed by atoms with Crippen molar-refractivity contribution in [3.05, 3.63) is 212 Å². The van der Waals surface area contributed by atoms with Crippen molar-refractivity contribution in [3.8, 4) is 67.5 Å². The second kappa shape index (κ2) is 14.1. The van der Waals surface area contributed by atoms with Gasteiger partial charge in [0.15, 0.2) is 17.5 Å². The molecule has 0 N–H and O–H groups in total. The van der Waals surface area contributed by atoms with Crippen LogP contribution in [0, 0.1) is 0 Å². The first-order valence-corrected chi connectivity index (χ1v) is 19.3. The van der Waals surface area contributed by atoms with Crippen LogP contribution in [0.2, 0.25) is 0 Å². The lowest BCUT2D eigenvalue weighted by Gasteiger charge is -2.14. The van der Waals surface area contributed by atoms with E-state index >= 15 is 0 Å². The van der Waals surface area contributed by atoms with Crippen molar-refractivity contribution in [1.82, 2.24) is 15.0 Å².